The Bertz CT molecular complexity index is 511. The van der Waals surface area contributed by atoms with Crippen LogP contribution in [0.25, 0.3) is 11.2 Å². The van der Waals surface area contributed by atoms with E-state index >= 15 is 0 Å². The molecule has 0 spiro atoms. The maximum Gasteiger partial charge on any atom is 0.319 e. The van der Waals surface area contributed by atoms with Crippen molar-refractivity contribution in [2.45, 2.75) is 0 Å². The van der Waals surface area contributed by atoms with E-state index in [1.807, 2.05) is 0 Å². The van der Waals surface area contributed by atoms with Gasteiger partial charge in [0.2, 0.25) is 0 Å². The first-order valence-electron chi connectivity index (χ1n) is 4.15. The number of halogens is 1. The average Bonchev–Trinajstić information content (AvgIpc) is 2.56. The summed E-state index contributed by atoms with van der Waals surface area (Å²) in [5, 5.41) is 0.246. The second kappa shape index (κ2) is 3.54. The number of rotatable bonds is 2. The molecule has 0 aliphatic carbocycles. The van der Waals surface area contributed by atoms with Gasteiger partial charge in [-0.05, 0) is 0 Å². The SMILES string of the molecule is COc1nc(Cl)c2nc(OC)n(C)c2n1. The van der Waals surface area contributed by atoms with Crippen LogP contribution in [-0.4, -0.2) is 33.7 Å². The summed E-state index contributed by atoms with van der Waals surface area (Å²) in [6, 6.07) is 0.632. The zero-order valence-corrected chi connectivity index (χ0v) is 9.24. The summed E-state index contributed by atoms with van der Waals surface area (Å²) >= 11 is 5.92. The first kappa shape index (κ1) is 9.97. The van der Waals surface area contributed by atoms with Gasteiger partial charge in [0.1, 0.15) is 5.52 Å². The highest BCUT2D eigenvalue weighted by atomic mass is 35.5. The minimum atomic E-state index is 0.207. The van der Waals surface area contributed by atoms with Crippen LogP contribution < -0.4 is 9.47 Å². The molecule has 0 fully saturated rings. The molecule has 0 bridgehead atoms. The average molecular weight is 229 g/mol. The van der Waals surface area contributed by atoms with Crippen molar-refractivity contribution < 1.29 is 9.47 Å². The number of methoxy groups -OCH3 is 2. The van der Waals surface area contributed by atoms with Crippen LogP contribution in [0.4, 0.5) is 0 Å². The van der Waals surface area contributed by atoms with Crippen molar-refractivity contribution in [3.63, 3.8) is 0 Å². The number of imidazole rings is 1. The van der Waals surface area contributed by atoms with E-state index < -0.39 is 0 Å². The lowest BCUT2D eigenvalue weighted by Gasteiger charge is -2.00. The highest BCUT2D eigenvalue weighted by molar-refractivity contribution is 6.33. The third-order valence-corrected chi connectivity index (χ3v) is 2.24. The van der Waals surface area contributed by atoms with E-state index in [1.54, 1.807) is 11.6 Å². The zero-order chi connectivity index (χ0) is 11.0. The molecule has 7 heteroatoms. The van der Waals surface area contributed by atoms with Crippen molar-refractivity contribution in [1.29, 1.82) is 0 Å². The molecule has 0 unspecified atom stereocenters. The molecule has 80 valence electrons. The summed E-state index contributed by atoms with van der Waals surface area (Å²) in [7, 11) is 4.78. The van der Waals surface area contributed by atoms with E-state index in [2.05, 4.69) is 15.0 Å². The van der Waals surface area contributed by atoms with Gasteiger partial charge in [0.25, 0.3) is 6.01 Å². The summed E-state index contributed by atoms with van der Waals surface area (Å²) < 4.78 is 11.6. The molecule has 0 amide bonds. The highest BCUT2D eigenvalue weighted by Crippen LogP contribution is 2.25. The van der Waals surface area contributed by atoms with Gasteiger partial charge in [0.15, 0.2) is 10.8 Å². The van der Waals surface area contributed by atoms with Crippen LogP contribution in [0.1, 0.15) is 0 Å². The van der Waals surface area contributed by atoms with Crippen molar-refractivity contribution in [2.75, 3.05) is 14.2 Å². The summed E-state index contributed by atoms with van der Waals surface area (Å²) in [5.74, 6) is 0. The summed E-state index contributed by atoms with van der Waals surface area (Å²) in [6.45, 7) is 0. The lowest BCUT2D eigenvalue weighted by atomic mass is 10.5. The fraction of sp³-hybridized carbons (Fsp3) is 0.375. The predicted octanol–water partition coefficient (Wildman–Crippen LogP) is 1.03. The Hall–Kier alpha value is -1.56. The molecule has 0 radical (unpaired) electrons. The van der Waals surface area contributed by atoms with Crippen molar-refractivity contribution >= 4 is 22.8 Å². The molecule has 15 heavy (non-hydrogen) atoms. The Labute approximate surface area is 90.8 Å². The highest BCUT2D eigenvalue weighted by Gasteiger charge is 2.15. The molecular weight excluding hydrogens is 220 g/mol. The number of hydrogen-bond acceptors (Lipinski definition) is 5. The smallest absolute Gasteiger partial charge is 0.319 e. The number of fused-ring (bicyclic) bond motifs is 1. The van der Waals surface area contributed by atoms with E-state index in [9.17, 15) is 0 Å². The zero-order valence-electron chi connectivity index (χ0n) is 8.48. The van der Waals surface area contributed by atoms with Gasteiger partial charge in [0, 0.05) is 7.05 Å². The van der Waals surface area contributed by atoms with Crippen molar-refractivity contribution in [1.82, 2.24) is 19.5 Å². The van der Waals surface area contributed by atoms with Crippen LogP contribution in [0.3, 0.4) is 0 Å². The molecule has 0 N–H and O–H groups in total. The summed E-state index contributed by atoms with van der Waals surface area (Å²) in [4.78, 5) is 12.2. The van der Waals surface area contributed by atoms with Crippen molar-refractivity contribution in [3.8, 4) is 12.0 Å². The van der Waals surface area contributed by atoms with Crippen LogP contribution in [0.15, 0.2) is 0 Å². The fourth-order valence-corrected chi connectivity index (χ4v) is 1.46. The minimum Gasteiger partial charge on any atom is -0.468 e. The lowest BCUT2D eigenvalue weighted by Crippen LogP contribution is -1.97. The van der Waals surface area contributed by atoms with E-state index in [0.717, 1.165) is 0 Å². The molecule has 0 saturated heterocycles. The monoisotopic (exact) mass is 228 g/mol. The second-order valence-corrected chi connectivity index (χ2v) is 3.19. The van der Waals surface area contributed by atoms with Crippen molar-refractivity contribution in [3.05, 3.63) is 5.15 Å². The molecule has 2 aromatic rings. The third-order valence-electron chi connectivity index (χ3n) is 1.98. The van der Waals surface area contributed by atoms with Gasteiger partial charge in [-0.2, -0.15) is 15.0 Å². The first-order chi connectivity index (χ1) is 7.17. The Morgan fingerprint density at radius 2 is 1.87 bits per heavy atom. The van der Waals surface area contributed by atoms with Crippen LogP contribution in [0.2, 0.25) is 5.15 Å². The molecule has 0 saturated carbocycles. The molecule has 2 aromatic heterocycles. The van der Waals surface area contributed by atoms with Crippen LogP contribution in [0, 0.1) is 0 Å². The predicted molar refractivity (Wildman–Crippen MR) is 54.4 cm³/mol. The fourth-order valence-electron chi connectivity index (χ4n) is 1.26. The van der Waals surface area contributed by atoms with Gasteiger partial charge in [-0.25, -0.2) is 0 Å². The van der Waals surface area contributed by atoms with Gasteiger partial charge in [-0.15, -0.1) is 0 Å². The number of hydrogen-bond donors (Lipinski definition) is 0. The Morgan fingerprint density at radius 3 is 2.47 bits per heavy atom. The molecular formula is C8H9ClN4O2. The number of ether oxygens (including phenoxy) is 2. The molecule has 0 aliphatic rings. The largest absolute Gasteiger partial charge is 0.468 e. The molecule has 2 rings (SSSR count). The van der Waals surface area contributed by atoms with E-state index in [0.29, 0.717) is 17.2 Å². The van der Waals surface area contributed by atoms with Gasteiger partial charge < -0.3 is 9.47 Å². The number of nitrogens with zero attached hydrogens (tertiary/aromatic N) is 4. The molecule has 0 atom stereocenters. The summed E-state index contributed by atoms with van der Waals surface area (Å²) in [5.41, 5.74) is 1.07. The van der Waals surface area contributed by atoms with Gasteiger partial charge >= 0.3 is 6.01 Å². The standard InChI is InChI=1S/C8H9ClN4O2/c1-13-6-4(10-8(13)15-3)5(9)11-7(12-6)14-2/h1-3H3. The number of aromatic nitrogens is 4. The third kappa shape index (κ3) is 1.46. The maximum atomic E-state index is 5.92. The van der Waals surface area contributed by atoms with Crippen LogP contribution in [0.5, 0.6) is 12.0 Å². The Morgan fingerprint density at radius 1 is 1.13 bits per heavy atom. The van der Waals surface area contributed by atoms with Gasteiger partial charge in [-0.1, -0.05) is 11.6 Å². The molecule has 6 nitrogen and oxygen atoms in total. The topological polar surface area (TPSA) is 62.1 Å². The van der Waals surface area contributed by atoms with Crippen LogP contribution >= 0.6 is 11.6 Å². The quantitative estimate of drug-likeness (QED) is 0.719. The lowest BCUT2D eigenvalue weighted by molar-refractivity contribution is 0.367. The van der Waals surface area contributed by atoms with E-state index in [4.69, 9.17) is 21.1 Å². The maximum absolute atomic E-state index is 5.92. The van der Waals surface area contributed by atoms with Crippen LogP contribution in [-0.2, 0) is 7.05 Å². The Kier molecular flexibility index (Phi) is 2.36. The molecule has 0 aliphatic heterocycles. The second-order valence-electron chi connectivity index (χ2n) is 2.83. The van der Waals surface area contributed by atoms with E-state index in [1.165, 1.54) is 14.2 Å². The number of aryl methyl sites for hydroxylation is 1. The molecule has 2 heterocycles. The normalized spacial score (nSPS) is 10.7. The van der Waals surface area contributed by atoms with E-state index in [-0.39, 0.29) is 11.2 Å². The Balaban J connectivity index is 2.77. The minimum absolute atomic E-state index is 0.207. The first-order valence-corrected chi connectivity index (χ1v) is 4.53. The molecule has 0 aromatic carbocycles. The van der Waals surface area contributed by atoms with Gasteiger partial charge in [0.05, 0.1) is 14.2 Å². The van der Waals surface area contributed by atoms with Crippen molar-refractivity contribution in [2.24, 2.45) is 7.05 Å². The van der Waals surface area contributed by atoms with Gasteiger partial charge in [-0.3, -0.25) is 4.57 Å². The summed E-state index contributed by atoms with van der Waals surface area (Å²) in [6.07, 6.45) is 0.